The molecule has 0 saturated carbocycles. The number of anilines is 2. The lowest BCUT2D eigenvalue weighted by molar-refractivity contribution is -0.117. The first-order valence-electron chi connectivity index (χ1n) is 8.30. The normalized spacial score (nSPS) is 16.5. The minimum Gasteiger partial charge on any atom is -0.497 e. The average Bonchev–Trinajstić information content (AvgIpc) is 3.01. The molecule has 3 rings (SSSR count). The van der Waals surface area contributed by atoms with Gasteiger partial charge in [-0.25, -0.2) is 4.79 Å². The van der Waals surface area contributed by atoms with Gasteiger partial charge in [0.1, 0.15) is 5.75 Å². The summed E-state index contributed by atoms with van der Waals surface area (Å²) < 4.78 is 5.13. The number of carbonyl (C=O) groups excluding carboxylic acids is 2. The molecule has 1 fully saturated rings. The lowest BCUT2D eigenvalue weighted by Crippen LogP contribution is -2.34. The first-order valence-corrected chi connectivity index (χ1v) is 8.68. The number of nitrogens with zero attached hydrogens (tertiary/aromatic N) is 1. The number of benzene rings is 2. The van der Waals surface area contributed by atoms with E-state index in [1.54, 1.807) is 48.4 Å². The highest BCUT2D eigenvalue weighted by molar-refractivity contribution is 6.30. The van der Waals surface area contributed by atoms with E-state index in [-0.39, 0.29) is 17.9 Å². The maximum Gasteiger partial charge on any atom is 0.319 e. The number of carbonyl (C=O) groups is 2. The maximum atomic E-state index is 12.2. The van der Waals surface area contributed by atoms with Crippen LogP contribution in [0.5, 0.6) is 5.75 Å². The van der Waals surface area contributed by atoms with Gasteiger partial charge in [-0.05, 0) is 36.4 Å². The molecule has 0 aliphatic carbocycles. The maximum absolute atomic E-state index is 12.2. The Hall–Kier alpha value is -2.73. The van der Waals surface area contributed by atoms with E-state index in [1.807, 2.05) is 12.1 Å². The van der Waals surface area contributed by atoms with Crippen LogP contribution < -0.4 is 20.3 Å². The van der Waals surface area contributed by atoms with E-state index >= 15 is 0 Å². The molecule has 6 nitrogen and oxygen atoms in total. The Kier molecular flexibility index (Phi) is 5.63. The Balaban J connectivity index is 1.51. The SMILES string of the molecule is COc1cccc(NC(=O)NC[C@H]2CC(=O)N(c3ccc(Cl)cc3)C2)c1. The molecule has 3 amide bonds. The van der Waals surface area contributed by atoms with Crippen LogP contribution in [0.2, 0.25) is 5.02 Å². The molecule has 1 aliphatic rings. The molecule has 1 atom stereocenters. The van der Waals surface area contributed by atoms with Crippen molar-refractivity contribution in [1.82, 2.24) is 5.32 Å². The highest BCUT2D eigenvalue weighted by Crippen LogP contribution is 2.26. The van der Waals surface area contributed by atoms with E-state index in [4.69, 9.17) is 16.3 Å². The summed E-state index contributed by atoms with van der Waals surface area (Å²) in [4.78, 5) is 26.0. The number of rotatable bonds is 5. The zero-order chi connectivity index (χ0) is 18.5. The van der Waals surface area contributed by atoms with Gasteiger partial charge in [0.25, 0.3) is 0 Å². The second-order valence-corrected chi connectivity index (χ2v) is 6.55. The summed E-state index contributed by atoms with van der Waals surface area (Å²) in [6, 6.07) is 14.0. The summed E-state index contributed by atoms with van der Waals surface area (Å²) in [5.41, 5.74) is 1.47. The largest absolute Gasteiger partial charge is 0.497 e. The van der Waals surface area contributed by atoms with Crippen molar-refractivity contribution < 1.29 is 14.3 Å². The molecular weight excluding hydrogens is 354 g/mol. The Morgan fingerprint density at radius 3 is 2.77 bits per heavy atom. The van der Waals surface area contributed by atoms with Crippen LogP contribution in [0.1, 0.15) is 6.42 Å². The Labute approximate surface area is 157 Å². The van der Waals surface area contributed by atoms with Gasteiger partial charge in [0, 0.05) is 47.9 Å². The lowest BCUT2D eigenvalue weighted by atomic mass is 10.1. The van der Waals surface area contributed by atoms with Crippen molar-refractivity contribution >= 4 is 34.9 Å². The third-order valence-corrected chi connectivity index (χ3v) is 4.47. The van der Waals surface area contributed by atoms with Gasteiger partial charge in [-0.2, -0.15) is 0 Å². The topological polar surface area (TPSA) is 70.7 Å². The fourth-order valence-corrected chi connectivity index (χ4v) is 3.03. The number of urea groups is 1. The van der Waals surface area contributed by atoms with E-state index in [2.05, 4.69) is 10.6 Å². The van der Waals surface area contributed by atoms with E-state index in [1.165, 1.54) is 0 Å². The summed E-state index contributed by atoms with van der Waals surface area (Å²) in [6.07, 6.45) is 0.405. The van der Waals surface area contributed by atoms with Crippen molar-refractivity contribution in [3.63, 3.8) is 0 Å². The van der Waals surface area contributed by atoms with Crippen LogP contribution in [0.25, 0.3) is 0 Å². The summed E-state index contributed by atoms with van der Waals surface area (Å²) >= 11 is 5.89. The van der Waals surface area contributed by atoms with E-state index in [9.17, 15) is 9.59 Å². The second-order valence-electron chi connectivity index (χ2n) is 6.12. The Morgan fingerprint density at radius 2 is 2.04 bits per heavy atom. The molecule has 0 bridgehead atoms. The summed E-state index contributed by atoms with van der Waals surface area (Å²) in [5, 5.41) is 6.21. The quantitative estimate of drug-likeness (QED) is 0.842. The molecule has 136 valence electrons. The van der Waals surface area contributed by atoms with Crippen molar-refractivity contribution in [3.05, 3.63) is 53.6 Å². The van der Waals surface area contributed by atoms with Gasteiger partial charge in [0.2, 0.25) is 5.91 Å². The Bertz CT molecular complexity index is 795. The van der Waals surface area contributed by atoms with Gasteiger partial charge in [0.05, 0.1) is 7.11 Å². The van der Waals surface area contributed by atoms with Gasteiger partial charge in [0.15, 0.2) is 0 Å². The molecule has 26 heavy (non-hydrogen) atoms. The van der Waals surface area contributed by atoms with Crippen LogP contribution in [-0.2, 0) is 4.79 Å². The zero-order valence-corrected chi connectivity index (χ0v) is 15.1. The van der Waals surface area contributed by atoms with E-state index < -0.39 is 0 Å². The molecule has 0 aromatic heterocycles. The van der Waals surface area contributed by atoms with Gasteiger partial charge in [-0.1, -0.05) is 17.7 Å². The van der Waals surface area contributed by atoms with Crippen molar-refractivity contribution in [2.45, 2.75) is 6.42 Å². The minimum absolute atomic E-state index is 0.0485. The third-order valence-electron chi connectivity index (χ3n) is 4.22. The highest BCUT2D eigenvalue weighted by Gasteiger charge is 2.30. The van der Waals surface area contributed by atoms with Crippen LogP contribution >= 0.6 is 11.6 Å². The molecule has 1 aliphatic heterocycles. The minimum atomic E-state index is -0.310. The Morgan fingerprint density at radius 1 is 1.27 bits per heavy atom. The van der Waals surface area contributed by atoms with E-state index in [0.29, 0.717) is 36.0 Å². The second kappa shape index (κ2) is 8.10. The molecular formula is C19H20ClN3O3. The number of amides is 3. The van der Waals surface area contributed by atoms with Crippen LogP contribution in [-0.4, -0.2) is 32.1 Å². The number of ether oxygens (including phenoxy) is 1. The van der Waals surface area contributed by atoms with E-state index in [0.717, 1.165) is 5.69 Å². The monoisotopic (exact) mass is 373 g/mol. The fraction of sp³-hybridized carbons (Fsp3) is 0.263. The summed E-state index contributed by atoms with van der Waals surface area (Å²) in [6.45, 7) is 0.992. The van der Waals surface area contributed by atoms with Gasteiger partial charge < -0.3 is 20.3 Å². The smallest absolute Gasteiger partial charge is 0.319 e. The summed E-state index contributed by atoms with van der Waals surface area (Å²) in [5.74, 6) is 0.782. The van der Waals surface area contributed by atoms with Gasteiger partial charge >= 0.3 is 6.03 Å². The predicted octanol–water partition coefficient (Wildman–Crippen LogP) is 3.52. The standard InChI is InChI=1S/C19H20ClN3O3/c1-26-17-4-2-3-15(10-17)22-19(25)21-11-13-9-18(24)23(12-13)16-7-5-14(20)6-8-16/h2-8,10,13H,9,11-12H2,1H3,(H2,21,22,25)/t13-/m1/s1. The van der Waals surface area contributed by atoms with Crippen LogP contribution in [0.15, 0.2) is 48.5 Å². The van der Waals surface area contributed by atoms with Crippen LogP contribution in [0, 0.1) is 5.92 Å². The molecule has 0 radical (unpaired) electrons. The van der Waals surface area contributed by atoms with Crippen molar-refractivity contribution in [2.75, 3.05) is 30.4 Å². The van der Waals surface area contributed by atoms with Gasteiger partial charge in [-0.3, -0.25) is 4.79 Å². The van der Waals surface area contributed by atoms with Crippen molar-refractivity contribution in [1.29, 1.82) is 0 Å². The number of hydrogen-bond donors (Lipinski definition) is 2. The number of hydrogen-bond acceptors (Lipinski definition) is 3. The molecule has 0 spiro atoms. The first kappa shape index (κ1) is 18.1. The molecule has 7 heteroatoms. The molecule has 2 N–H and O–H groups in total. The number of halogens is 1. The molecule has 1 saturated heterocycles. The first-order chi connectivity index (χ1) is 12.5. The van der Waals surface area contributed by atoms with Crippen molar-refractivity contribution in [2.24, 2.45) is 5.92 Å². The highest BCUT2D eigenvalue weighted by atomic mass is 35.5. The zero-order valence-electron chi connectivity index (χ0n) is 14.4. The van der Waals surface area contributed by atoms with Gasteiger partial charge in [-0.15, -0.1) is 0 Å². The third kappa shape index (κ3) is 4.46. The van der Waals surface area contributed by atoms with Crippen LogP contribution in [0.3, 0.4) is 0 Å². The molecule has 2 aromatic rings. The van der Waals surface area contributed by atoms with Crippen LogP contribution in [0.4, 0.5) is 16.2 Å². The fourth-order valence-electron chi connectivity index (χ4n) is 2.90. The average molecular weight is 374 g/mol. The number of nitrogens with one attached hydrogen (secondary N) is 2. The molecule has 1 heterocycles. The predicted molar refractivity (Wildman–Crippen MR) is 102 cm³/mol. The summed E-state index contributed by atoms with van der Waals surface area (Å²) in [7, 11) is 1.57. The molecule has 2 aromatic carbocycles. The number of methoxy groups -OCH3 is 1. The lowest BCUT2D eigenvalue weighted by Gasteiger charge is -2.17. The molecule has 0 unspecified atom stereocenters. The van der Waals surface area contributed by atoms with Crippen molar-refractivity contribution in [3.8, 4) is 5.75 Å².